The molecule has 0 radical (unpaired) electrons. The minimum absolute atomic E-state index is 0.217. The summed E-state index contributed by atoms with van der Waals surface area (Å²) in [5, 5.41) is 7.42. The molecule has 1 saturated heterocycles. The summed E-state index contributed by atoms with van der Waals surface area (Å²) in [4.78, 5) is 12.0. The number of amides is 1. The fourth-order valence-electron chi connectivity index (χ4n) is 2.97. The summed E-state index contributed by atoms with van der Waals surface area (Å²) < 4.78 is 5.15. The number of nitrogens with one attached hydrogen (secondary N) is 1. The third-order valence-corrected chi connectivity index (χ3v) is 3.99. The minimum atomic E-state index is -0.217. The largest absolute Gasteiger partial charge is 0.449 e. The molecule has 0 bridgehead atoms. The zero-order chi connectivity index (χ0) is 14.4. The molecule has 0 saturated carbocycles. The lowest BCUT2D eigenvalue weighted by Gasteiger charge is -2.36. The summed E-state index contributed by atoms with van der Waals surface area (Å²) in [6.07, 6.45) is 6.57. The molecule has 2 rings (SSSR count). The SMILES string of the molecule is CCCN(C(=O)OCC)N1CC=C([C@@H]2CCCN2)CC1. The van der Waals surface area contributed by atoms with E-state index < -0.39 is 0 Å². The van der Waals surface area contributed by atoms with E-state index in [2.05, 4.69) is 23.3 Å². The van der Waals surface area contributed by atoms with Gasteiger partial charge in [-0.05, 0) is 39.2 Å². The molecular formula is C15H27N3O2. The van der Waals surface area contributed by atoms with Crippen molar-refractivity contribution in [3.8, 4) is 0 Å². The molecule has 1 fully saturated rings. The quantitative estimate of drug-likeness (QED) is 0.784. The predicted octanol–water partition coefficient (Wildman–Crippen LogP) is 2.15. The fraction of sp³-hybridized carbons (Fsp3) is 0.800. The highest BCUT2D eigenvalue weighted by Gasteiger charge is 2.26. The van der Waals surface area contributed by atoms with Gasteiger partial charge in [0, 0.05) is 25.7 Å². The van der Waals surface area contributed by atoms with E-state index in [4.69, 9.17) is 4.74 Å². The molecule has 0 spiro atoms. The van der Waals surface area contributed by atoms with Crippen molar-refractivity contribution in [3.05, 3.63) is 11.6 Å². The number of hydrogen-bond acceptors (Lipinski definition) is 4. The van der Waals surface area contributed by atoms with Crippen LogP contribution in [0, 0.1) is 0 Å². The van der Waals surface area contributed by atoms with Crippen molar-refractivity contribution >= 4 is 6.09 Å². The number of ether oxygens (including phenoxy) is 1. The number of rotatable bonds is 5. The molecule has 0 aromatic carbocycles. The number of carbonyl (C=O) groups is 1. The van der Waals surface area contributed by atoms with Crippen molar-refractivity contribution in [2.45, 2.75) is 45.6 Å². The average Bonchev–Trinajstić information content (AvgIpc) is 2.99. The molecule has 2 heterocycles. The van der Waals surface area contributed by atoms with Gasteiger partial charge in [0.15, 0.2) is 0 Å². The normalized spacial score (nSPS) is 23.5. The fourth-order valence-corrected chi connectivity index (χ4v) is 2.97. The lowest BCUT2D eigenvalue weighted by Crippen LogP contribution is -2.49. The molecule has 5 nitrogen and oxygen atoms in total. The van der Waals surface area contributed by atoms with Gasteiger partial charge in [-0.25, -0.2) is 14.8 Å². The van der Waals surface area contributed by atoms with Crippen LogP contribution in [0.25, 0.3) is 0 Å². The molecule has 1 N–H and O–H groups in total. The van der Waals surface area contributed by atoms with Gasteiger partial charge >= 0.3 is 6.09 Å². The number of carbonyl (C=O) groups excluding carboxylic acids is 1. The van der Waals surface area contributed by atoms with E-state index in [1.807, 2.05) is 6.92 Å². The van der Waals surface area contributed by atoms with Gasteiger partial charge in [0.1, 0.15) is 0 Å². The molecule has 2 aliphatic heterocycles. The summed E-state index contributed by atoms with van der Waals surface area (Å²) in [6.45, 7) is 7.94. The summed E-state index contributed by atoms with van der Waals surface area (Å²) >= 11 is 0. The summed E-state index contributed by atoms with van der Waals surface area (Å²) in [5.74, 6) is 0. The topological polar surface area (TPSA) is 44.8 Å². The van der Waals surface area contributed by atoms with Crippen LogP contribution >= 0.6 is 0 Å². The molecule has 1 amide bonds. The summed E-state index contributed by atoms with van der Waals surface area (Å²) in [6, 6.07) is 0.569. The molecule has 0 aromatic heterocycles. The van der Waals surface area contributed by atoms with E-state index in [9.17, 15) is 4.79 Å². The Morgan fingerprint density at radius 2 is 2.40 bits per heavy atom. The van der Waals surface area contributed by atoms with Gasteiger partial charge in [-0.2, -0.15) is 0 Å². The number of nitrogens with zero attached hydrogens (tertiary/aromatic N) is 2. The van der Waals surface area contributed by atoms with Crippen LogP contribution < -0.4 is 5.32 Å². The third kappa shape index (κ3) is 3.73. The maximum atomic E-state index is 12.0. The van der Waals surface area contributed by atoms with Gasteiger partial charge in [0.25, 0.3) is 0 Å². The van der Waals surface area contributed by atoms with Crippen molar-refractivity contribution in [1.82, 2.24) is 15.3 Å². The first-order valence-electron chi connectivity index (χ1n) is 7.87. The van der Waals surface area contributed by atoms with Crippen molar-refractivity contribution in [1.29, 1.82) is 0 Å². The Labute approximate surface area is 121 Å². The summed E-state index contributed by atoms with van der Waals surface area (Å²) in [7, 11) is 0. The molecule has 0 aliphatic carbocycles. The first kappa shape index (κ1) is 15.3. The van der Waals surface area contributed by atoms with Crippen molar-refractivity contribution < 1.29 is 9.53 Å². The smallest absolute Gasteiger partial charge is 0.424 e. The lowest BCUT2D eigenvalue weighted by molar-refractivity contribution is -0.0166. The highest BCUT2D eigenvalue weighted by molar-refractivity contribution is 5.67. The molecular weight excluding hydrogens is 254 g/mol. The maximum absolute atomic E-state index is 12.0. The van der Waals surface area contributed by atoms with Gasteiger partial charge in [-0.15, -0.1) is 0 Å². The standard InChI is InChI=1S/C15H27N3O2/c1-3-10-18(15(19)20-4-2)17-11-7-13(8-12-17)14-6-5-9-16-14/h7,14,16H,3-6,8-12H2,1-2H3/t14-/m0/s1. The molecule has 0 aromatic rings. The molecule has 0 unspecified atom stereocenters. The van der Waals surface area contributed by atoms with E-state index in [1.54, 1.807) is 5.01 Å². The third-order valence-electron chi connectivity index (χ3n) is 3.99. The molecule has 1 atom stereocenters. The second kappa shape index (κ2) is 7.64. The zero-order valence-corrected chi connectivity index (χ0v) is 12.7. The first-order chi connectivity index (χ1) is 9.76. The minimum Gasteiger partial charge on any atom is -0.449 e. The van der Waals surface area contributed by atoms with Crippen LogP contribution in [0.4, 0.5) is 4.79 Å². The Morgan fingerprint density at radius 3 is 2.95 bits per heavy atom. The Kier molecular flexibility index (Phi) is 5.86. The van der Waals surface area contributed by atoms with Gasteiger partial charge < -0.3 is 10.1 Å². The maximum Gasteiger partial charge on any atom is 0.424 e. The van der Waals surface area contributed by atoms with E-state index in [0.29, 0.717) is 12.6 Å². The van der Waals surface area contributed by atoms with Crippen LogP contribution in [0.2, 0.25) is 0 Å². The number of hydrogen-bond donors (Lipinski definition) is 1. The van der Waals surface area contributed by atoms with Crippen molar-refractivity contribution in [3.63, 3.8) is 0 Å². The highest BCUT2D eigenvalue weighted by atomic mass is 16.6. The first-order valence-corrected chi connectivity index (χ1v) is 7.87. The average molecular weight is 281 g/mol. The van der Waals surface area contributed by atoms with Gasteiger partial charge in [-0.1, -0.05) is 18.6 Å². The Bertz CT molecular complexity index is 351. The second-order valence-corrected chi connectivity index (χ2v) is 5.41. The zero-order valence-electron chi connectivity index (χ0n) is 12.7. The van der Waals surface area contributed by atoms with E-state index in [-0.39, 0.29) is 6.09 Å². The summed E-state index contributed by atoms with van der Waals surface area (Å²) in [5.41, 5.74) is 1.51. The highest BCUT2D eigenvalue weighted by Crippen LogP contribution is 2.22. The van der Waals surface area contributed by atoms with Crippen LogP contribution in [0.3, 0.4) is 0 Å². The van der Waals surface area contributed by atoms with Gasteiger partial charge in [0.2, 0.25) is 0 Å². The molecule has 2 aliphatic rings. The Morgan fingerprint density at radius 1 is 1.55 bits per heavy atom. The van der Waals surface area contributed by atoms with E-state index in [1.165, 1.54) is 18.4 Å². The van der Waals surface area contributed by atoms with Crippen molar-refractivity contribution in [2.75, 3.05) is 32.8 Å². The number of hydrazine groups is 1. The van der Waals surface area contributed by atoms with Crippen molar-refractivity contribution in [2.24, 2.45) is 0 Å². The predicted molar refractivity (Wildman–Crippen MR) is 79.3 cm³/mol. The Hall–Kier alpha value is -1.07. The van der Waals surface area contributed by atoms with E-state index >= 15 is 0 Å². The molecule has 114 valence electrons. The van der Waals surface area contributed by atoms with Crippen LogP contribution in [0.5, 0.6) is 0 Å². The molecule has 20 heavy (non-hydrogen) atoms. The lowest BCUT2D eigenvalue weighted by atomic mass is 9.99. The monoisotopic (exact) mass is 281 g/mol. The van der Waals surface area contributed by atoms with Crippen LogP contribution in [0.15, 0.2) is 11.6 Å². The van der Waals surface area contributed by atoms with Crippen LogP contribution in [-0.4, -0.2) is 54.9 Å². The van der Waals surface area contributed by atoms with Crippen LogP contribution in [0.1, 0.15) is 39.5 Å². The van der Waals surface area contributed by atoms with E-state index in [0.717, 1.165) is 39.0 Å². The Balaban J connectivity index is 1.93. The van der Waals surface area contributed by atoms with Gasteiger partial charge in [0.05, 0.1) is 6.61 Å². The van der Waals surface area contributed by atoms with Crippen LogP contribution in [-0.2, 0) is 4.74 Å². The molecule has 5 heteroatoms. The van der Waals surface area contributed by atoms with Gasteiger partial charge in [-0.3, -0.25) is 0 Å². The second-order valence-electron chi connectivity index (χ2n) is 5.41.